The number of ether oxygens (including phenoxy) is 2. The summed E-state index contributed by atoms with van der Waals surface area (Å²) in [5, 5.41) is 10.8. The van der Waals surface area contributed by atoms with Gasteiger partial charge in [0.15, 0.2) is 11.2 Å². The highest BCUT2D eigenvalue weighted by atomic mass is 19.1. The minimum atomic E-state index is -0.470. The molecule has 0 unspecified atom stereocenters. The van der Waals surface area contributed by atoms with Crippen LogP contribution < -0.4 is 15.1 Å². The molecule has 200 valence electrons. The molecule has 5 rings (SSSR count). The van der Waals surface area contributed by atoms with Crippen LogP contribution in [-0.4, -0.2) is 67.0 Å². The molecule has 1 saturated heterocycles. The summed E-state index contributed by atoms with van der Waals surface area (Å²) in [7, 11) is 3.67. The van der Waals surface area contributed by atoms with Crippen LogP contribution >= 0.6 is 0 Å². The van der Waals surface area contributed by atoms with Crippen molar-refractivity contribution in [1.29, 1.82) is 5.26 Å². The zero-order valence-corrected chi connectivity index (χ0v) is 22.8. The highest BCUT2D eigenvalue weighted by Gasteiger charge is 2.32. The van der Waals surface area contributed by atoms with Crippen LogP contribution in [0.25, 0.3) is 32.8 Å². The van der Waals surface area contributed by atoms with E-state index in [4.69, 9.17) is 9.47 Å². The first-order valence-corrected chi connectivity index (χ1v) is 13.0. The number of halogens is 1. The zero-order valence-electron chi connectivity index (χ0n) is 22.8. The molecule has 1 aliphatic heterocycles. The Morgan fingerprint density at radius 2 is 1.87 bits per heavy atom. The summed E-state index contributed by atoms with van der Waals surface area (Å²) in [5.74, 6) is -0.127. The van der Waals surface area contributed by atoms with Crippen LogP contribution in [-0.2, 0) is 4.74 Å². The molecule has 4 aromatic rings. The van der Waals surface area contributed by atoms with E-state index in [1.165, 1.54) is 0 Å². The first kappa shape index (κ1) is 26.0. The minimum absolute atomic E-state index is 0.156. The number of rotatable bonds is 6. The first-order valence-electron chi connectivity index (χ1n) is 13.0. The quantitative estimate of drug-likeness (QED) is 0.369. The van der Waals surface area contributed by atoms with Crippen LogP contribution in [0.3, 0.4) is 0 Å². The van der Waals surface area contributed by atoms with Gasteiger partial charge in [-0.05, 0) is 52.9 Å². The van der Waals surface area contributed by atoms with E-state index in [0.29, 0.717) is 58.6 Å². The lowest BCUT2D eigenvalue weighted by molar-refractivity contribution is 0.145. The maximum absolute atomic E-state index is 16.9. The van der Waals surface area contributed by atoms with Gasteiger partial charge in [-0.2, -0.15) is 5.26 Å². The fraction of sp³-hybridized carbons (Fsp3) is 0.448. The van der Waals surface area contributed by atoms with Crippen molar-refractivity contribution in [2.75, 3.05) is 45.4 Å². The Morgan fingerprint density at radius 1 is 1.16 bits per heavy atom. The molecule has 0 saturated carbocycles. The SMILES string of the molecule is COCCOc1cc2c(=O)c3c4ccc(C#N)cc4[nH]c3n(C(C)C)c2c(F)c1N1C[C@@H](C)N(C)[C@@H](C)C1. The van der Waals surface area contributed by atoms with Crippen LogP contribution in [0.1, 0.15) is 39.3 Å². The molecular formula is C29H34FN5O3. The number of likely N-dealkylation sites (N-methyl/N-ethyl adjacent to an activating group) is 1. The molecule has 38 heavy (non-hydrogen) atoms. The molecular weight excluding hydrogens is 485 g/mol. The van der Waals surface area contributed by atoms with Crippen molar-refractivity contribution in [1.82, 2.24) is 14.5 Å². The van der Waals surface area contributed by atoms with Crippen molar-refractivity contribution >= 4 is 38.5 Å². The number of nitrogens with zero attached hydrogens (tertiary/aromatic N) is 4. The molecule has 9 heteroatoms. The third-order valence-corrected chi connectivity index (χ3v) is 7.78. The molecule has 2 aromatic carbocycles. The predicted octanol–water partition coefficient (Wildman–Crippen LogP) is 4.78. The lowest BCUT2D eigenvalue weighted by atomic mass is 10.0. The largest absolute Gasteiger partial charge is 0.489 e. The Hall–Kier alpha value is -3.61. The van der Waals surface area contributed by atoms with E-state index in [0.717, 1.165) is 0 Å². The molecule has 8 nitrogen and oxygen atoms in total. The number of anilines is 1. The summed E-state index contributed by atoms with van der Waals surface area (Å²) < 4.78 is 30.0. The standard InChI is InChI=1S/C29H34FN5O3/c1-16(2)35-26-21(28(36)24-20-8-7-19(13-31)11-22(20)32-29(24)35)12-23(38-10-9-37-6)27(25(26)30)34-14-17(3)33(5)18(4)15-34/h7-8,11-12,16-18,32H,9-10,14-15H2,1-6H3/t17-,18+. The van der Waals surface area contributed by atoms with Crippen molar-refractivity contribution in [3.63, 3.8) is 0 Å². The van der Waals surface area contributed by atoms with E-state index in [1.807, 2.05) is 23.3 Å². The monoisotopic (exact) mass is 519 g/mol. The van der Waals surface area contributed by atoms with Crippen LogP contribution in [0, 0.1) is 17.1 Å². The van der Waals surface area contributed by atoms with Crippen molar-refractivity contribution in [3.8, 4) is 11.8 Å². The van der Waals surface area contributed by atoms with Gasteiger partial charge >= 0.3 is 0 Å². The first-order chi connectivity index (χ1) is 18.2. The van der Waals surface area contributed by atoms with E-state index in [9.17, 15) is 10.1 Å². The summed E-state index contributed by atoms with van der Waals surface area (Å²) >= 11 is 0. The molecule has 0 bridgehead atoms. The van der Waals surface area contributed by atoms with Gasteiger partial charge < -0.3 is 23.9 Å². The van der Waals surface area contributed by atoms with E-state index < -0.39 is 5.82 Å². The van der Waals surface area contributed by atoms with E-state index >= 15 is 4.39 Å². The summed E-state index contributed by atoms with van der Waals surface area (Å²) in [6.07, 6.45) is 0. The van der Waals surface area contributed by atoms with Crippen molar-refractivity contribution in [3.05, 3.63) is 45.9 Å². The molecule has 2 aromatic heterocycles. The summed E-state index contributed by atoms with van der Waals surface area (Å²) in [6.45, 7) is 10.0. The lowest BCUT2D eigenvalue weighted by Crippen LogP contribution is -2.55. The van der Waals surface area contributed by atoms with Gasteiger partial charge in [0.2, 0.25) is 0 Å². The Morgan fingerprint density at radius 3 is 2.50 bits per heavy atom. The second-order valence-electron chi connectivity index (χ2n) is 10.6. The number of fused-ring (bicyclic) bond motifs is 4. The van der Waals surface area contributed by atoms with Gasteiger partial charge in [-0.3, -0.25) is 9.69 Å². The zero-order chi connectivity index (χ0) is 27.3. The van der Waals surface area contributed by atoms with Gasteiger partial charge in [-0.15, -0.1) is 0 Å². The van der Waals surface area contributed by atoms with Crippen LogP contribution in [0.2, 0.25) is 0 Å². The van der Waals surface area contributed by atoms with Gasteiger partial charge in [-0.1, -0.05) is 6.07 Å². The fourth-order valence-corrected chi connectivity index (χ4v) is 5.67. The van der Waals surface area contributed by atoms with Gasteiger partial charge in [0.05, 0.1) is 34.5 Å². The molecule has 1 N–H and O–H groups in total. The highest BCUT2D eigenvalue weighted by molar-refractivity contribution is 6.10. The van der Waals surface area contributed by atoms with Crippen molar-refractivity contribution < 1.29 is 13.9 Å². The van der Waals surface area contributed by atoms with Crippen molar-refractivity contribution in [2.45, 2.75) is 45.8 Å². The number of H-pyrrole nitrogens is 1. The molecule has 0 radical (unpaired) electrons. The average Bonchev–Trinajstić information content (AvgIpc) is 3.26. The van der Waals surface area contributed by atoms with Gasteiger partial charge in [0.1, 0.15) is 23.7 Å². The number of pyridine rings is 1. The number of piperazine rings is 1. The average molecular weight is 520 g/mol. The number of benzene rings is 2. The summed E-state index contributed by atoms with van der Waals surface area (Å²) in [6, 6.07) is 9.28. The molecule has 0 amide bonds. The number of aromatic amines is 1. The second-order valence-corrected chi connectivity index (χ2v) is 10.6. The molecule has 2 atom stereocenters. The lowest BCUT2D eigenvalue weighted by Gasteiger charge is -2.44. The number of aromatic nitrogens is 2. The maximum atomic E-state index is 16.9. The summed E-state index contributed by atoms with van der Waals surface area (Å²) in [4.78, 5) is 21.6. The van der Waals surface area contributed by atoms with Crippen LogP contribution in [0.4, 0.5) is 10.1 Å². The normalized spacial score (nSPS) is 18.7. The van der Waals surface area contributed by atoms with Gasteiger partial charge in [0, 0.05) is 49.2 Å². The molecule has 1 aliphatic rings. The molecule has 1 fully saturated rings. The predicted molar refractivity (Wildman–Crippen MR) is 149 cm³/mol. The number of nitrogens with one attached hydrogen (secondary N) is 1. The fourth-order valence-electron chi connectivity index (χ4n) is 5.67. The Bertz CT molecular complexity index is 1620. The Balaban J connectivity index is 1.86. The minimum Gasteiger partial charge on any atom is -0.489 e. The number of hydrogen-bond acceptors (Lipinski definition) is 6. The molecule has 3 heterocycles. The second kappa shape index (κ2) is 9.93. The number of hydrogen-bond donors (Lipinski definition) is 1. The van der Waals surface area contributed by atoms with Crippen molar-refractivity contribution in [2.24, 2.45) is 0 Å². The number of methoxy groups -OCH3 is 1. The topological polar surface area (TPSA) is 86.5 Å². The molecule has 0 aliphatic carbocycles. The summed E-state index contributed by atoms with van der Waals surface area (Å²) in [5.41, 5.74) is 2.04. The smallest absolute Gasteiger partial charge is 0.199 e. The van der Waals surface area contributed by atoms with E-state index in [2.05, 4.69) is 36.8 Å². The Labute approximate surface area is 221 Å². The third kappa shape index (κ3) is 4.08. The van der Waals surface area contributed by atoms with Gasteiger partial charge in [0.25, 0.3) is 0 Å². The van der Waals surface area contributed by atoms with Gasteiger partial charge in [-0.25, -0.2) is 4.39 Å². The third-order valence-electron chi connectivity index (χ3n) is 7.78. The molecule has 0 spiro atoms. The number of nitriles is 1. The van der Waals surface area contributed by atoms with Crippen LogP contribution in [0.5, 0.6) is 5.75 Å². The van der Waals surface area contributed by atoms with E-state index in [-0.39, 0.29) is 41.1 Å². The van der Waals surface area contributed by atoms with E-state index in [1.54, 1.807) is 31.4 Å². The maximum Gasteiger partial charge on any atom is 0.199 e. The Kier molecular flexibility index (Phi) is 6.80. The highest BCUT2D eigenvalue weighted by Crippen LogP contribution is 2.40. The van der Waals surface area contributed by atoms with Crippen LogP contribution in [0.15, 0.2) is 29.1 Å².